The molecule has 0 N–H and O–H groups in total. The van der Waals surface area contributed by atoms with Gasteiger partial charge in [0.25, 0.3) is 0 Å². The minimum Gasteiger partial charge on any atom is -0.457 e. The van der Waals surface area contributed by atoms with Crippen molar-refractivity contribution < 1.29 is 13.9 Å². The first-order valence-corrected chi connectivity index (χ1v) is 11.7. The van der Waals surface area contributed by atoms with E-state index in [4.69, 9.17) is 9.15 Å². The van der Waals surface area contributed by atoms with Gasteiger partial charge in [-0.25, -0.2) is 9.59 Å². The van der Waals surface area contributed by atoms with Crippen LogP contribution in [0.4, 0.5) is 0 Å². The van der Waals surface area contributed by atoms with Crippen molar-refractivity contribution in [3.63, 3.8) is 0 Å². The lowest BCUT2D eigenvalue weighted by atomic mass is 9.95. The van der Waals surface area contributed by atoms with Crippen LogP contribution in [0.25, 0.3) is 11.0 Å². The van der Waals surface area contributed by atoms with Gasteiger partial charge < -0.3 is 9.15 Å². The molecule has 0 fully saturated rings. The second-order valence-electron chi connectivity index (χ2n) is 8.23. The van der Waals surface area contributed by atoms with E-state index >= 15 is 0 Å². The van der Waals surface area contributed by atoms with Crippen molar-refractivity contribution in [2.24, 2.45) is 0 Å². The van der Waals surface area contributed by atoms with E-state index in [1.54, 1.807) is 24.3 Å². The number of fused-ring (bicyclic) bond motifs is 1. The van der Waals surface area contributed by atoms with Gasteiger partial charge in [-0.05, 0) is 60.4 Å². The number of carbonyl (C=O) groups is 1. The van der Waals surface area contributed by atoms with E-state index in [1.165, 1.54) is 17.8 Å². The van der Waals surface area contributed by atoms with E-state index in [-0.39, 0.29) is 6.61 Å². The fourth-order valence-corrected chi connectivity index (χ4v) is 4.86. The van der Waals surface area contributed by atoms with Crippen LogP contribution in [-0.2, 0) is 11.3 Å². The number of ether oxygens (including phenoxy) is 1. The van der Waals surface area contributed by atoms with Crippen molar-refractivity contribution in [2.45, 2.75) is 43.1 Å². The van der Waals surface area contributed by atoms with Gasteiger partial charge in [0.05, 0.1) is 11.1 Å². The topological polar surface area (TPSA) is 80.3 Å². The molecule has 3 aromatic carbocycles. The Balaban J connectivity index is 1.62. The largest absolute Gasteiger partial charge is 0.457 e. The Kier molecular flexibility index (Phi) is 6.85. The third-order valence-electron chi connectivity index (χ3n) is 5.53. The second-order valence-corrected chi connectivity index (χ2v) is 9.32. The molecular weight excluding hydrogens is 446 g/mol. The van der Waals surface area contributed by atoms with Gasteiger partial charge >= 0.3 is 11.6 Å². The monoisotopic (exact) mass is 469 g/mol. The lowest BCUT2D eigenvalue weighted by Crippen LogP contribution is -2.09. The average molecular weight is 470 g/mol. The SMILES string of the molecule is Cc1cc2oc(=O)cc(COC(=O)c3ccccc3Sc3ccccc3C#N)c2cc1C(C)C. The minimum atomic E-state index is -0.505. The fourth-order valence-electron chi connectivity index (χ4n) is 3.84. The van der Waals surface area contributed by atoms with Gasteiger partial charge in [0.15, 0.2) is 0 Å². The van der Waals surface area contributed by atoms with Crippen molar-refractivity contribution in [2.75, 3.05) is 0 Å². The number of aryl methyl sites for hydroxylation is 1. The van der Waals surface area contributed by atoms with E-state index in [1.807, 2.05) is 43.3 Å². The molecule has 0 atom stereocenters. The van der Waals surface area contributed by atoms with Crippen LogP contribution in [0.2, 0.25) is 0 Å². The Morgan fingerprint density at radius 1 is 1.06 bits per heavy atom. The summed E-state index contributed by atoms with van der Waals surface area (Å²) in [7, 11) is 0. The van der Waals surface area contributed by atoms with Crippen molar-refractivity contribution in [3.8, 4) is 6.07 Å². The highest BCUT2D eigenvalue weighted by Gasteiger charge is 2.17. The van der Waals surface area contributed by atoms with Crippen molar-refractivity contribution in [1.29, 1.82) is 5.26 Å². The summed E-state index contributed by atoms with van der Waals surface area (Å²) in [6.07, 6.45) is 0. The molecule has 1 heterocycles. The van der Waals surface area contributed by atoms with Gasteiger partial charge in [0.1, 0.15) is 18.3 Å². The minimum absolute atomic E-state index is 0.0602. The van der Waals surface area contributed by atoms with Crippen LogP contribution in [0.3, 0.4) is 0 Å². The Morgan fingerprint density at radius 3 is 2.50 bits per heavy atom. The molecule has 0 aliphatic carbocycles. The molecule has 5 nitrogen and oxygen atoms in total. The van der Waals surface area contributed by atoms with Gasteiger partial charge in [-0.15, -0.1) is 0 Å². The maximum atomic E-state index is 13.0. The summed E-state index contributed by atoms with van der Waals surface area (Å²) in [5, 5.41) is 10.1. The molecule has 6 heteroatoms. The van der Waals surface area contributed by atoms with Crippen molar-refractivity contribution >= 4 is 28.7 Å². The Bertz CT molecular complexity index is 1480. The van der Waals surface area contributed by atoms with Crippen molar-refractivity contribution in [3.05, 3.63) is 105 Å². The molecule has 0 saturated heterocycles. The highest BCUT2D eigenvalue weighted by Crippen LogP contribution is 2.33. The maximum Gasteiger partial charge on any atom is 0.339 e. The number of hydrogen-bond donors (Lipinski definition) is 0. The summed E-state index contributed by atoms with van der Waals surface area (Å²) < 4.78 is 11.0. The molecule has 0 spiro atoms. The molecule has 0 amide bonds. The summed E-state index contributed by atoms with van der Waals surface area (Å²) in [4.78, 5) is 26.6. The number of nitriles is 1. The standard InChI is InChI=1S/C28H23NO4S/c1-17(2)22-14-23-20(13-27(30)33-24(23)12-18(22)3)16-32-28(31)21-9-5-7-11-26(21)34-25-10-6-4-8-19(25)15-29/h4-14,17H,16H2,1-3H3. The smallest absolute Gasteiger partial charge is 0.339 e. The number of benzene rings is 3. The highest BCUT2D eigenvalue weighted by molar-refractivity contribution is 7.99. The van der Waals surface area contributed by atoms with Gasteiger partial charge in [-0.2, -0.15) is 5.26 Å². The molecule has 4 aromatic rings. The third-order valence-corrected chi connectivity index (χ3v) is 6.68. The molecule has 4 rings (SSSR count). The zero-order valence-corrected chi connectivity index (χ0v) is 19.9. The van der Waals surface area contributed by atoms with Crippen molar-refractivity contribution in [1.82, 2.24) is 0 Å². The zero-order chi connectivity index (χ0) is 24.2. The van der Waals surface area contributed by atoms with E-state index in [0.29, 0.717) is 33.1 Å². The molecule has 34 heavy (non-hydrogen) atoms. The predicted molar refractivity (Wildman–Crippen MR) is 132 cm³/mol. The van der Waals surface area contributed by atoms with Gasteiger partial charge in [-0.3, -0.25) is 0 Å². The summed E-state index contributed by atoms with van der Waals surface area (Å²) in [5.74, 6) is -0.206. The van der Waals surface area contributed by atoms with E-state index in [9.17, 15) is 14.9 Å². The number of hydrogen-bond acceptors (Lipinski definition) is 6. The van der Waals surface area contributed by atoms with E-state index in [0.717, 1.165) is 21.4 Å². The van der Waals surface area contributed by atoms with Gasteiger partial charge in [-0.1, -0.05) is 49.9 Å². The third kappa shape index (κ3) is 4.90. The quantitative estimate of drug-likeness (QED) is 0.234. The van der Waals surface area contributed by atoms with Gasteiger partial charge in [0.2, 0.25) is 0 Å². The second kappa shape index (κ2) is 9.98. The Labute approximate surface area is 202 Å². The van der Waals surface area contributed by atoms with Crippen LogP contribution in [0.15, 0.2) is 85.7 Å². The Hall–Kier alpha value is -3.82. The number of nitrogens with zero attached hydrogens (tertiary/aromatic N) is 1. The predicted octanol–water partition coefficient (Wildman–Crippen LogP) is 6.60. The summed E-state index contributed by atoms with van der Waals surface area (Å²) in [6.45, 7) is 6.13. The molecule has 0 aliphatic rings. The van der Waals surface area contributed by atoms with E-state index in [2.05, 4.69) is 19.9 Å². The lowest BCUT2D eigenvalue weighted by Gasteiger charge is -2.14. The molecule has 1 aromatic heterocycles. The summed E-state index contributed by atoms with van der Waals surface area (Å²) in [5.41, 5.74) is 3.71. The highest BCUT2D eigenvalue weighted by atomic mass is 32.2. The molecule has 170 valence electrons. The van der Waals surface area contributed by atoms with Crippen LogP contribution in [0, 0.1) is 18.3 Å². The van der Waals surface area contributed by atoms with Crippen LogP contribution < -0.4 is 5.63 Å². The summed E-state index contributed by atoms with van der Waals surface area (Å²) >= 11 is 1.34. The fraction of sp³-hybridized carbons (Fsp3) is 0.179. The Morgan fingerprint density at radius 2 is 1.76 bits per heavy atom. The lowest BCUT2D eigenvalue weighted by molar-refractivity contribution is 0.0469. The first-order valence-electron chi connectivity index (χ1n) is 10.9. The molecule has 0 unspecified atom stereocenters. The molecule has 0 bridgehead atoms. The zero-order valence-electron chi connectivity index (χ0n) is 19.1. The number of esters is 1. The van der Waals surface area contributed by atoms with E-state index < -0.39 is 11.6 Å². The van der Waals surface area contributed by atoms with Crippen LogP contribution in [-0.4, -0.2) is 5.97 Å². The van der Waals surface area contributed by atoms with Gasteiger partial charge in [0, 0.05) is 26.8 Å². The normalized spacial score (nSPS) is 10.9. The first-order chi connectivity index (χ1) is 16.4. The van der Waals surface area contributed by atoms with Crippen LogP contribution in [0.5, 0.6) is 0 Å². The average Bonchev–Trinajstić information content (AvgIpc) is 2.82. The number of rotatable bonds is 6. The molecule has 0 saturated carbocycles. The molecule has 0 aliphatic heterocycles. The molecule has 0 radical (unpaired) electrons. The van der Waals surface area contributed by atoms with Crippen LogP contribution in [0.1, 0.15) is 52.4 Å². The molecular formula is C28H23NO4S. The van der Waals surface area contributed by atoms with Crippen LogP contribution >= 0.6 is 11.8 Å². The summed E-state index contributed by atoms with van der Waals surface area (Å²) in [6, 6.07) is 21.8. The maximum absolute atomic E-state index is 13.0. The first kappa shape index (κ1) is 23.3. The number of carbonyl (C=O) groups excluding carboxylic acids is 1.